The van der Waals surface area contributed by atoms with E-state index in [0.29, 0.717) is 21.5 Å². The fourth-order valence-corrected chi connectivity index (χ4v) is 4.67. The molecule has 0 aliphatic carbocycles. The van der Waals surface area contributed by atoms with Gasteiger partial charge in [0.05, 0.1) is 19.2 Å². The number of Topliss-reactive ketones (excluding diaryl/α,β-unsaturated/α-hetero) is 1. The molecule has 0 atom stereocenters. The zero-order chi connectivity index (χ0) is 23.1. The van der Waals surface area contributed by atoms with E-state index in [0.717, 1.165) is 15.8 Å². The minimum absolute atomic E-state index is 0.169. The fourth-order valence-electron chi connectivity index (χ4n) is 3.85. The Kier molecular flexibility index (Phi) is 5.18. The van der Waals surface area contributed by atoms with E-state index in [4.69, 9.17) is 4.74 Å². The Morgan fingerprint density at radius 3 is 2.58 bits per heavy atom. The predicted octanol–water partition coefficient (Wildman–Crippen LogP) is 3.12. The Hall–Kier alpha value is -3.98. The van der Waals surface area contributed by atoms with Gasteiger partial charge in [-0.05, 0) is 24.4 Å². The molecule has 0 saturated carbocycles. The van der Waals surface area contributed by atoms with Crippen LogP contribution in [0.5, 0.6) is 5.75 Å². The van der Waals surface area contributed by atoms with E-state index >= 15 is 0 Å². The average molecular weight is 461 g/mol. The summed E-state index contributed by atoms with van der Waals surface area (Å²) in [4.78, 5) is 39.4. The molecular weight excluding hydrogens is 440 g/mol. The molecule has 0 aliphatic heterocycles. The number of benzene rings is 2. The van der Waals surface area contributed by atoms with Gasteiger partial charge in [-0.2, -0.15) is 0 Å². The number of methoxy groups -OCH3 is 1. The SMILES string of the molecule is COc1ccccc1Cn1c(=O)c2sccc2n2c(=O)n(CC(=O)c3ccc(C)cc3)nc12. The number of para-hydroxylation sites is 1. The first kappa shape index (κ1) is 20.9. The topological polar surface area (TPSA) is 87.6 Å². The number of aromatic nitrogens is 4. The number of hydrogen-bond acceptors (Lipinski definition) is 6. The van der Waals surface area contributed by atoms with E-state index in [-0.39, 0.29) is 30.2 Å². The van der Waals surface area contributed by atoms with Crippen LogP contribution >= 0.6 is 11.3 Å². The zero-order valence-electron chi connectivity index (χ0n) is 18.0. The molecule has 0 amide bonds. The van der Waals surface area contributed by atoms with Crippen molar-refractivity contribution < 1.29 is 9.53 Å². The van der Waals surface area contributed by atoms with Crippen molar-refractivity contribution in [2.24, 2.45) is 0 Å². The Morgan fingerprint density at radius 2 is 1.82 bits per heavy atom. The second kappa shape index (κ2) is 8.18. The molecular formula is C24H20N4O4S. The molecule has 0 radical (unpaired) electrons. The van der Waals surface area contributed by atoms with Crippen molar-refractivity contribution in [3.05, 3.63) is 97.5 Å². The maximum atomic E-state index is 13.3. The highest BCUT2D eigenvalue weighted by Gasteiger charge is 2.20. The summed E-state index contributed by atoms with van der Waals surface area (Å²) in [5.74, 6) is 0.573. The number of aryl methyl sites for hydroxylation is 1. The van der Waals surface area contributed by atoms with E-state index in [2.05, 4.69) is 5.10 Å². The number of ketones is 1. The van der Waals surface area contributed by atoms with Gasteiger partial charge in [0.15, 0.2) is 5.78 Å². The van der Waals surface area contributed by atoms with Gasteiger partial charge in [-0.1, -0.05) is 48.0 Å². The lowest BCUT2D eigenvalue weighted by molar-refractivity contribution is 0.0966. The molecule has 0 fully saturated rings. The number of fused-ring (bicyclic) bond motifs is 3. The van der Waals surface area contributed by atoms with Crippen molar-refractivity contribution in [1.29, 1.82) is 0 Å². The monoisotopic (exact) mass is 460 g/mol. The number of ether oxygens (including phenoxy) is 1. The van der Waals surface area contributed by atoms with Gasteiger partial charge >= 0.3 is 5.69 Å². The Bertz CT molecular complexity index is 1620. The van der Waals surface area contributed by atoms with Crippen LogP contribution in [0, 0.1) is 6.92 Å². The summed E-state index contributed by atoms with van der Waals surface area (Å²) in [5, 5.41) is 6.17. The minimum atomic E-state index is -0.470. The molecule has 5 rings (SSSR count). The van der Waals surface area contributed by atoms with Crippen LogP contribution < -0.4 is 16.0 Å². The first-order valence-electron chi connectivity index (χ1n) is 10.3. The molecule has 0 spiro atoms. The standard InChI is InChI=1S/C24H20N4O4S/c1-15-7-9-16(10-8-15)19(29)14-27-24(31)28-18-11-12-33-21(18)22(30)26(23(28)25-27)13-17-5-3-4-6-20(17)32-2/h3-12H,13-14H2,1-2H3. The molecule has 0 N–H and O–H groups in total. The lowest BCUT2D eigenvalue weighted by Crippen LogP contribution is -2.27. The normalized spacial score (nSPS) is 11.3. The molecule has 0 unspecified atom stereocenters. The maximum Gasteiger partial charge on any atom is 0.352 e. The molecule has 0 bridgehead atoms. The van der Waals surface area contributed by atoms with Crippen molar-refractivity contribution in [1.82, 2.24) is 18.7 Å². The number of thiophene rings is 1. The molecule has 166 valence electrons. The van der Waals surface area contributed by atoms with Gasteiger partial charge in [0.25, 0.3) is 5.56 Å². The van der Waals surface area contributed by atoms with Crippen LogP contribution in [-0.2, 0) is 13.1 Å². The fraction of sp³-hybridized carbons (Fsp3) is 0.167. The van der Waals surface area contributed by atoms with Gasteiger partial charge in [0.2, 0.25) is 5.78 Å². The third-order valence-corrected chi connectivity index (χ3v) is 6.47. The largest absolute Gasteiger partial charge is 0.496 e. The molecule has 9 heteroatoms. The van der Waals surface area contributed by atoms with Crippen molar-refractivity contribution in [2.75, 3.05) is 7.11 Å². The number of rotatable bonds is 6. The summed E-state index contributed by atoms with van der Waals surface area (Å²) in [5.41, 5.74) is 2.07. The summed E-state index contributed by atoms with van der Waals surface area (Å²) in [6.07, 6.45) is 0. The van der Waals surface area contributed by atoms with Crippen LogP contribution in [0.25, 0.3) is 16.0 Å². The number of carbonyl (C=O) groups excluding carboxylic acids is 1. The van der Waals surface area contributed by atoms with Crippen LogP contribution in [-0.4, -0.2) is 31.6 Å². The molecule has 33 heavy (non-hydrogen) atoms. The second-order valence-corrected chi connectivity index (χ2v) is 8.62. The van der Waals surface area contributed by atoms with E-state index in [9.17, 15) is 14.4 Å². The zero-order valence-corrected chi connectivity index (χ0v) is 18.8. The Morgan fingerprint density at radius 1 is 1.06 bits per heavy atom. The lowest BCUT2D eigenvalue weighted by atomic mass is 10.1. The minimum Gasteiger partial charge on any atom is -0.496 e. The first-order chi connectivity index (χ1) is 16.0. The molecule has 3 heterocycles. The molecule has 0 aliphatic rings. The maximum absolute atomic E-state index is 13.3. The summed E-state index contributed by atoms with van der Waals surface area (Å²) >= 11 is 1.27. The van der Waals surface area contributed by atoms with Gasteiger partial charge in [0, 0.05) is 11.1 Å². The van der Waals surface area contributed by atoms with E-state index in [1.165, 1.54) is 20.3 Å². The van der Waals surface area contributed by atoms with E-state index < -0.39 is 5.69 Å². The van der Waals surface area contributed by atoms with Crippen LogP contribution in [0.3, 0.4) is 0 Å². The molecule has 0 saturated heterocycles. The predicted molar refractivity (Wildman–Crippen MR) is 127 cm³/mol. The van der Waals surface area contributed by atoms with Crippen molar-refractivity contribution >= 4 is 33.1 Å². The van der Waals surface area contributed by atoms with Crippen molar-refractivity contribution in [3.63, 3.8) is 0 Å². The molecule has 3 aromatic heterocycles. The highest BCUT2D eigenvalue weighted by Crippen LogP contribution is 2.21. The Labute approximate surface area is 191 Å². The van der Waals surface area contributed by atoms with Gasteiger partial charge in [-0.3, -0.25) is 14.2 Å². The smallest absolute Gasteiger partial charge is 0.352 e. The third-order valence-electron chi connectivity index (χ3n) is 5.58. The summed E-state index contributed by atoms with van der Waals surface area (Å²) in [7, 11) is 1.57. The van der Waals surface area contributed by atoms with Crippen molar-refractivity contribution in [2.45, 2.75) is 20.0 Å². The van der Waals surface area contributed by atoms with Crippen LogP contribution in [0.2, 0.25) is 0 Å². The summed E-state index contributed by atoms with van der Waals surface area (Å²) < 4.78 is 9.84. The highest BCUT2D eigenvalue weighted by molar-refractivity contribution is 7.17. The van der Waals surface area contributed by atoms with E-state index in [1.807, 2.05) is 43.3 Å². The summed E-state index contributed by atoms with van der Waals surface area (Å²) in [6.45, 7) is 1.88. The average Bonchev–Trinajstić information content (AvgIpc) is 3.42. The van der Waals surface area contributed by atoms with E-state index in [1.54, 1.807) is 30.7 Å². The Balaban J connectivity index is 1.67. The highest BCUT2D eigenvalue weighted by atomic mass is 32.1. The van der Waals surface area contributed by atoms with Crippen LogP contribution in [0.1, 0.15) is 21.5 Å². The third kappa shape index (κ3) is 3.56. The second-order valence-electron chi connectivity index (χ2n) is 7.70. The van der Waals surface area contributed by atoms with Gasteiger partial charge in [-0.25, -0.2) is 13.9 Å². The molecule has 2 aromatic carbocycles. The summed E-state index contributed by atoms with van der Waals surface area (Å²) in [6, 6.07) is 16.2. The number of carbonyl (C=O) groups is 1. The number of hydrogen-bond donors (Lipinski definition) is 0. The van der Waals surface area contributed by atoms with Gasteiger partial charge in [0.1, 0.15) is 17.0 Å². The van der Waals surface area contributed by atoms with Crippen molar-refractivity contribution in [3.8, 4) is 5.75 Å². The quantitative estimate of drug-likeness (QED) is 0.364. The first-order valence-corrected chi connectivity index (χ1v) is 11.2. The van der Waals surface area contributed by atoms with Crippen LogP contribution in [0.15, 0.2) is 69.6 Å². The van der Waals surface area contributed by atoms with Gasteiger partial charge in [-0.15, -0.1) is 16.4 Å². The number of nitrogens with zero attached hydrogens (tertiary/aromatic N) is 4. The van der Waals surface area contributed by atoms with Crippen LogP contribution in [0.4, 0.5) is 0 Å². The lowest BCUT2D eigenvalue weighted by Gasteiger charge is -2.11. The molecule has 5 aromatic rings. The molecule has 8 nitrogen and oxygen atoms in total. The van der Waals surface area contributed by atoms with Gasteiger partial charge < -0.3 is 4.74 Å².